The van der Waals surface area contributed by atoms with Gasteiger partial charge in [0.15, 0.2) is 0 Å². The van der Waals surface area contributed by atoms with E-state index in [4.69, 9.17) is 5.73 Å². The molecule has 1 fully saturated rings. The Morgan fingerprint density at radius 2 is 2.05 bits per heavy atom. The molecule has 1 heterocycles. The van der Waals surface area contributed by atoms with Crippen molar-refractivity contribution in [1.82, 2.24) is 5.32 Å². The third-order valence-electron chi connectivity index (χ3n) is 3.10. The Hall–Kier alpha value is -2.01. The van der Waals surface area contributed by atoms with Crippen LogP contribution in [0.3, 0.4) is 0 Å². The summed E-state index contributed by atoms with van der Waals surface area (Å²) in [5, 5.41) is 3.06. The van der Waals surface area contributed by atoms with Crippen LogP contribution in [0.1, 0.15) is 18.4 Å². The highest BCUT2D eigenvalue weighted by Gasteiger charge is 2.22. The Bertz CT molecular complexity index is 491. The lowest BCUT2D eigenvalue weighted by atomic mass is 10.1. The summed E-state index contributed by atoms with van der Waals surface area (Å²) < 4.78 is 0. The van der Waals surface area contributed by atoms with Gasteiger partial charge in [0.1, 0.15) is 5.71 Å². The summed E-state index contributed by atoms with van der Waals surface area (Å²) in [6.45, 7) is 0.816. The number of carbonyl (C=O) groups excluding carboxylic acids is 2. The second-order valence-electron chi connectivity index (χ2n) is 4.57. The second kappa shape index (κ2) is 6.24. The molecule has 2 amide bonds. The largest absolute Gasteiger partial charge is 0.365 e. The van der Waals surface area contributed by atoms with Crippen molar-refractivity contribution >= 4 is 17.5 Å². The fourth-order valence-electron chi connectivity index (χ4n) is 2.08. The van der Waals surface area contributed by atoms with Crippen LogP contribution in [0.5, 0.6) is 0 Å². The number of benzene rings is 1. The lowest BCUT2D eigenvalue weighted by Crippen LogP contribution is -2.33. The zero-order valence-electron chi connectivity index (χ0n) is 10.6. The van der Waals surface area contributed by atoms with E-state index in [1.807, 2.05) is 30.3 Å². The van der Waals surface area contributed by atoms with E-state index in [-0.39, 0.29) is 24.1 Å². The molecule has 5 nitrogen and oxygen atoms in total. The van der Waals surface area contributed by atoms with Crippen LogP contribution in [0.25, 0.3) is 0 Å². The lowest BCUT2D eigenvalue weighted by Gasteiger charge is -2.07. The second-order valence-corrected chi connectivity index (χ2v) is 4.57. The summed E-state index contributed by atoms with van der Waals surface area (Å²) in [5.74, 6) is -0.947. The van der Waals surface area contributed by atoms with E-state index in [0.29, 0.717) is 0 Å². The predicted molar refractivity (Wildman–Crippen MR) is 72.8 cm³/mol. The van der Waals surface area contributed by atoms with Crippen LogP contribution in [0.4, 0.5) is 0 Å². The molecule has 0 unspecified atom stereocenters. The Labute approximate surface area is 111 Å². The Morgan fingerprint density at radius 1 is 1.32 bits per heavy atom. The number of aliphatic imine (C=N–C) groups is 1. The molecular formula is C14H17N3O2. The van der Waals surface area contributed by atoms with Crippen LogP contribution < -0.4 is 11.1 Å². The van der Waals surface area contributed by atoms with Gasteiger partial charge in [0.05, 0.1) is 6.04 Å². The molecule has 3 N–H and O–H groups in total. The molecule has 1 aromatic carbocycles. The van der Waals surface area contributed by atoms with Gasteiger partial charge in [-0.2, -0.15) is 0 Å². The minimum atomic E-state index is -0.643. The van der Waals surface area contributed by atoms with Crippen molar-refractivity contribution in [2.45, 2.75) is 25.3 Å². The maximum Gasteiger partial charge on any atom is 0.263 e. The molecule has 0 aromatic heterocycles. The molecule has 0 radical (unpaired) electrons. The van der Waals surface area contributed by atoms with E-state index >= 15 is 0 Å². The van der Waals surface area contributed by atoms with Crippen molar-refractivity contribution in [2.75, 3.05) is 6.54 Å². The number of hydrogen-bond donors (Lipinski definition) is 2. The summed E-state index contributed by atoms with van der Waals surface area (Å²) in [7, 11) is 0. The number of rotatable bonds is 4. The van der Waals surface area contributed by atoms with Crippen molar-refractivity contribution in [3.8, 4) is 0 Å². The van der Waals surface area contributed by atoms with Crippen LogP contribution in [-0.2, 0) is 16.0 Å². The van der Waals surface area contributed by atoms with Crippen LogP contribution in [0.15, 0.2) is 35.3 Å². The Balaban J connectivity index is 2.11. The minimum absolute atomic E-state index is 0.116. The highest BCUT2D eigenvalue weighted by Crippen LogP contribution is 2.08. The van der Waals surface area contributed by atoms with E-state index in [0.717, 1.165) is 24.9 Å². The summed E-state index contributed by atoms with van der Waals surface area (Å²) in [5.41, 5.74) is 6.31. The molecule has 1 aliphatic rings. The monoisotopic (exact) mass is 259 g/mol. The van der Waals surface area contributed by atoms with E-state index in [1.165, 1.54) is 0 Å². The molecule has 100 valence electrons. The van der Waals surface area contributed by atoms with Gasteiger partial charge >= 0.3 is 0 Å². The van der Waals surface area contributed by atoms with Crippen LogP contribution >= 0.6 is 0 Å². The fraction of sp³-hybridized carbons (Fsp3) is 0.357. The average molecular weight is 259 g/mol. The molecule has 19 heavy (non-hydrogen) atoms. The van der Waals surface area contributed by atoms with Crippen molar-refractivity contribution < 1.29 is 9.59 Å². The first kappa shape index (κ1) is 13.4. The third kappa shape index (κ3) is 3.72. The number of amides is 2. The van der Waals surface area contributed by atoms with E-state index < -0.39 is 5.91 Å². The zero-order valence-corrected chi connectivity index (χ0v) is 10.6. The first-order valence-corrected chi connectivity index (χ1v) is 6.35. The van der Waals surface area contributed by atoms with Gasteiger partial charge in [0.2, 0.25) is 0 Å². The first-order valence-electron chi connectivity index (χ1n) is 6.35. The molecule has 1 atom stereocenters. The number of hydrogen-bond acceptors (Lipinski definition) is 3. The summed E-state index contributed by atoms with van der Waals surface area (Å²) in [4.78, 5) is 27.2. The molecule has 2 rings (SSSR count). The zero-order chi connectivity index (χ0) is 13.7. The minimum Gasteiger partial charge on any atom is -0.365 e. The number of carbonyl (C=O) groups is 2. The molecule has 1 aliphatic heterocycles. The fourth-order valence-corrected chi connectivity index (χ4v) is 2.08. The van der Waals surface area contributed by atoms with Crippen molar-refractivity contribution in [2.24, 2.45) is 10.7 Å². The highest BCUT2D eigenvalue weighted by molar-refractivity contribution is 6.40. The lowest BCUT2D eigenvalue weighted by molar-refractivity contribution is -0.120. The molecule has 1 saturated heterocycles. The van der Waals surface area contributed by atoms with Gasteiger partial charge < -0.3 is 11.1 Å². The Morgan fingerprint density at radius 3 is 2.63 bits per heavy atom. The predicted octanol–water partition coefficient (Wildman–Crippen LogP) is 0.434. The van der Waals surface area contributed by atoms with Gasteiger partial charge in [-0.3, -0.25) is 9.59 Å². The van der Waals surface area contributed by atoms with Crippen molar-refractivity contribution in [1.29, 1.82) is 0 Å². The van der Waals surface area contributed by atoms with Crippen molar-refractivity contribution in [3.63, 3.8) is 0 Å². The van der Waals surface area contributed by atoms with Gasteiger partial charge in [-0.15, -0.1) is 0 Å². The van der Waals surface area contributed by atoms with Crippen molar-refractivity contribution in [3.05, 3.63) is 35.9 Å². The highest BCUT2D eigenvalue weighted by atomic mass is 16.2. The normalized spacial score (nSPS) is 19.4. The molecule has 0 saturated carbocycles. The standard InChI is InChI=1S/C14H17N3O2/c15-13(18)12(9-10-5-2-1-3-6-10)17-14(19)11-7-4-8-16-11/h1-3,5-6,11,16H,4,7-9H2,(H2,15,18)/b17-12+/t11-/m1/s1. The summed E-state index contributed by atoms with van der Waals surface area (Å²) in [6.07, 6.45) is 2.00. The van der Waals surface area contributed by atoms with Gasteiger partial charge in [0, 0.05) is 6.42 Å². The van der Waals surface area contributed by atoms with Gasteiger partial charge in [-0.25, -0.2) is 4.99 Å². The molecular weight excluding hydrogens is 242 g/mol. The van der Waals surface area contributed by atoms with Crippen LogP contribution in [0, 0.1) is 0 Å². The van der Waals surface area contributed by atoms with Gasteiger partial charge in [0.25, 0.3) is 11.8 Å². The molecule has 1 aromatic rings. The van der Waals surface area contributed by atoms with E-state index in [2.05, 4.69) is 10.3 Å². The quantitative estimate of drug-likeness (QED) is 0.769. The van der Waals surface area contributed by atoms with Gasteiger partial charge in [-0.05, 0) is 24.9 Å². The molecule has 0 spiro atoms. The number of nitrogens with two attached hydrogens (primary N) is 1. The first-order chi connectivity index (χ1) is 9.16. The molecule has 5 heteroatoms. The maximum absolute atomic E-state index is 11.9. The topological polar surface area (TPSA) is 84.6 Å². The number of primary amides is 1. The average Bonchev–Trinajstić information content (AvgIpc) is 2.93. The van der Waals surface area contributed by atoms with E-state index in [9.17, 15) is 9.59 Å². The third-order valence-corrected chi connectivity index (χ3v) is 3.10. The SMILES string of the molecule is NC(=O)/C(Cc1ccccc1)=N/C(=O)[C@H]1CCCN1. The molecule has 0 aliphatic carbocycles. The van der Waals surface area contributed by atoms with Gasteiger partial charge in [-0.1, -0.05) is 30.3 Å². The number of nitrogens with zero attached hydrogens (tertiary/aromatic N) is 1. The van der Waals surface area contributed by atoms with E-state index in [1.54, 1.807) is 0 Å². The Kier molecular flexibility index (Phi) is 4.41. The number of nitrogens with one attached hydrogen (secondary N) is 1. The molecule has 0 bridgehead atoms. The smallest absolute Gasteiger partial charge is 0.263 e. The summed E-state index contributed by atoms with van der Waals surface area (Å²) >= 11 is 0. The summed E-state index contributed by atoms with van der Waals surface area (Å²) in [6, 6.07) is 9.10. The van der Waals surface area contributed by atoms with Crippen LogP contribution in [0.2, 0.25) is 0 Å². The maximum atomic E-state index is 11.9. The van der Waals surface area contributed by atoms with Crippen LogP contribution in [-0.4, -0.2) is 30.1 Å².